The smallest absolute Gasteiger partial charge is 0.261 e. The highest BCUT2D eigenvalue weighted by molar-refractivity contribution is 7.14. The SMILES string of the molecule is Cc1cc(C(=O)NC2CC2(C)C)sc1C#CCN. The molecule has 2 rings (SSSR count). The number of thiophene rings is 1. The highest BCUT2D eigenvalue weighted by Gasteiger charge is 2.46. The number of aryl methyl sites for hydroxylation is 1. The Morgan fingerprint density at radius 1 is 1.67 bits per heavy atom. The summed E-state index contributed by atoms with van der Waals surface area (Å²) in [5.74, 6) is 5.83. The van der Waals surface area contributed by atoms with Crippen LogP contribution in [0.15, 0.2) is 6.07 Å². The number of carbonyl (C=O) groups is 1. The summed E-state index contributed by atoms with van der Waals surface area (Å²) in [6, 6.07) is 2.21. The molecule has 3 N–H and O–H groups in total. The predicted octanol–water partition coefficient (Wildman–Crippen LogP) is 1.90. The number of carbonyl (C=O) groups excluding carboxylic acids is 1. The Bertz CT molecular complexity index is 534. The molecule has 1 atom stereocenters. The molecule has 0 radical (unpaired) electrons. The van der Waals surface area contributed by atoms with Crippen LogP contribution in [-0.2, 0) is 0 Å². The molecule has 0 aliphatic heterocycles. The molecule has 0 saturated heterocycles. The molecule has 1 saturated carbocycles. The summed E-state index contributed by atoms with van der Waals surface area (Å²) in [5.41, 5.74) is 6.65. The Morgan fingerprint density at radius 3 is 2.89 bits per heavy atom. The van der Waals surface area contributed by atoms with Crippen LogP contribution in [0, 0.1) is 24.2 Å². The van der Waals surface area contributed by atoms with Crippen LogP contribution in [0.3, 0.4) is 0 Å². The fraction of sp³-hybridized carbons (Fsp3) is 0.500. The second-order valence-electron chi connectivity index (χ2n) is 5.35. The van der Waals surface area contributed by atoms with Gasteiger partial charge in [-0.05, 0) is 30.4 Å². The molecule has 1 heterocycles. The van der Waals surface area contributed by atoms with Crippen LogP contribution < -0.4 is 11.1 Å². The fourth-order valence-electron chi connectivity index (χ4n) is 1.79. The Hall–Kier alpha value is -1.31. The van der Waals surface area contributed by atoms with Crippen molar-refractivity contribution in [2.45, 2.75) is 33.2 Å². The molecule has 0 aromatic carbocycles. The van der Waals surface area contributed by atoms with Crippen molar-refractivity contribution >= 4 is 17.2 Å². The third-order valence-corrected chi connectivity index (χ3v) is 4.42. The van der Waals surface area contributed by atoms with E-state index in [9.17, 15) is 4.79 Å². The molecule has 1 aliphatic carbocycles. The minimum absolute atomic E-state index is 0.0134. The fourth-order valence-corrected chi connectivity index (χ4v) is 2.74. The van der Waals surface area contributed by atoms with E-state index in [-0.39, 0.29) is 11.3 Å². The summed E-state index contributed by atoms with van der Waals surface area (Å²) >= 11 is 1.44. The van der Waals surface area contributed by atoms with Crippen molar-refractivity contribution in [1.29, 1.82) is 0 Å². The number of nitrogens with two attached hydrogens (primary N) is 1. The Labute approximate surface area is 112 Å². The molecule has 0 spiro atoms. The van der Waals surface area contributed by atoms with Gasteiger partial charge in [-0.1, -0.05) is 25.7 Å². The van der Waals surface area contributed by atoms with Gasteiger partial charge in [0.25, 0.3) is 5.91 Å². The van der Waals surface area contributed by atoms with E-state index in [1.54, 1.807) is 0 Å². The third-order valence-electron chi connectivity index (χ3n) is 3.26. The highest BCUT2D eigenvalue weighted by Crippen LogP contribution is 2.44. The van der Waals surface area contributed by atoms with Gasteiger partial charge in [0.15, 0.2) is 0 Å². The first-order chi connectivity index (χ1) is 8.44. The molecular formula is C14H18N2OS. The van der Waals surface area contributed by atoms with Crippen LogP contribution in [0.4, 0.5) is 0 Å². The van der Waals surface area contributed by atoms with Gasteiger partial charge in [0.1, 0.15) is 0 Å². The van der Waals surface area contributed by atoms with Crippen LogP contribution in [0.2, 0.25) is 0 Å². The maximum absolute atomic E-state index is 12.0. The van der Waals surface area contributed by atoms with E-state index in [0.29, 0.717) is 12.6 Å². The van der Waals surface area contributed by atoms with Crippen molar-refractivity contribution in [3.05, 3.63) is 21.4 Å². The molecular weight excluding hydrogens is 244 g/mol. The van der Waals surface area contributed by atoms with Crippen molar-refractivity contribution < 1.29 is 4.79 Å². The molecule has 1 amide bonds. The Morgan fingerprint density at radius 2 is 2.33 bits per heavy atom. The molecule has 18 heavy (non-hydrogen) atoms. The lowest BCUT2D eigenvalue weighted by Crippen LogP contribution is -2.27. The van der Waals surface area contributed by atoms with E-state index in [1.165, 1.54) is 11.3 Å². The standard InChI is InChI=1S/C14H18N2OS/c1-9-7-11(18-10(9)5-4-6-15)13(17)16-12-8-14(12,2)3/h7,12H,6,8,15H2,1-3H3,(H,16,17). The monoisotopic (exact) mass is 262 g/mol. The van der Waals surface area contributed by atoms with Gasteiger partial charge in [0, 0.05) is 6.04 Å². The van der Waals surface area contributed by atoms with Gasteiger partial charge in [-0.2, -0.15) is 0 Å². The van der Waals surface area contributed by atoms with Gasteiger partial charge < -0.3 is 11.1 Å². The second kappa shape index (κ2) is 4.75. The minimum Gasteiger partial charge on any atom is -0.348 e. The molecule has 1 fully saturated rings. The van der Waals surface area contributed by atoms with E-state index in [2.05, 4.69) is 31.0 Å². The third kappa shape index (κ3) is 2.74. The average molecular weight is 262 g/mol. The summed E-state index contributed by atoms with van der Waals surface area (Å²) in [7, 11) is 0. The average Bonchev–Trinajstić information content (AvgIpc) is 2.71. The van der Waals surface area contributed by atoms with Crippen LogP contribution >= 0.6 is 11.3 Å². The second-order valence-corrected chi connectivity index (χ2v) is 6.40. The first-order valence-electron chi connectivity index (χ1n) is 6.04. The van der Waals surface area contributed by atoms with Crippen molar-refractivity contribution in [2.24, 2.45) is 11.1 Å². The molecule has 1 aliphatic rings. The summed E-state index contributed by atoms with van der Waals surface area (Å²) in [6.07, 6.45) is 1.06. The summed E-state index contributed by atoms with van der Waals surface area (Å²) in [6.45, 7) is 6.63. The zero-order chi connectivity index (χ0) is 13.3. The molecule has 0 bridgehead atoms. The first kappa shape index (κ1) is 13.1. The zero-order valence-electron chi connectivity index (χ0n) is 11.0. The zero-order valence-corrected chi connectivity index (χ0v) is 11.8. The number of hydrogen-bond donors (Lipinski definition) is 2. The van der Waals surface area contributed by atoms with Crippen molar-refractivity contribution in [3.8, 4) is 11.8 Å². The van der Waals surface area contributed by atoms with Gasteiger partial charge in [-0.15, -0.1) is 11.3 Å². The van der Waals surface area contributed by atoms with Gasteiger partial charge in [0.2, 0.25) is 0 Å². The molecule has 96 valence electrons. The minimum atomic E-state index is 0.0134. The molecule has 3 nitrogen and oxygen atoms in total. The van der Waals surface area contributed by atoms with Crippen LogP contribution in [0.25, 0.3) is 0 Å². The lowest BCUT2D eigenvalue weighted by atomic mass is 10.2. The van der Waals surface area contributed by atoms with Crippen LogP contribution in [0.1, 0.15) is 40.4 Å². The van der Waals surface area contributed by atoms with Gasteiger partial charge >= 0.3 is 0 Å². The van der Waals surface area contributed by atoms with Gasteiger partial charge in [-0.3, -0.25) is 4.79 Å². The molecule has 4 heteroatoms. The quantitative estimate of drug-likeness (QED) is 0.800. The normalized spacial score (nSPS) is 19.9. The topological polar surface area (TPSA) is 55.1 Å². The lowest BCUT2D eigenvalue weighted by Gasteiger charge is -2.04. The van der Waals surface area contributed by atoms with E-state index in [4.69, 9.17) is 5.73 Å². The lowest BCUT2D eigenvalue weighted by molar-refractivity contribution is 0.0950. The predicted molar refractivity (Wildman–Crippen MR) is 74.6 cm³/mol. The first-order valence-corrected chi connectivity index (χ1v) is 6.86. The maximum atomic E-state index is 12.0. The number of hydrogen-bond acceptors (Lipinski definition) is 3. The molecule has 1 aromatic heterocycles. The van der Waals surface area contributed by atoms with Crippen molar-refractivity contribution in [1.82, 2.24) is 5.32 Å². The Balaban J connectivity index is 2.07. The van der Waals surface area contributed by atoms with E-state index in [1.807, 2.05) is 13.0 Å². The van der Waals surface area contributed by atoms with Crippen LogP contribution in [-0.4, -0.2) is 18.5 Å². The summed E-state index contributed by atoms with van der Waals surface area (Å²) in [5, 5.41) is 3.06. The van der Waals surface area contributed by atoms with Crippen molar-refractivity contribution in [2.75, 3.05) is 6.54 Å². The summed E-state index contributed by atoms with van der Waals surface area (Å²) in [4.78, 5) is 13.7. The number of amides is 1. The Kier molecular flexibility index (Phi) is 3.47. The van der Waals surface area contributed by atoms with E-state index in [0.717, 1.165) is 21.7 Å². The largest absolute Gasteiger partial charge is 0.348 e. The van der Waals surface area contributed by atoms with Gasteiger partial charge in [0.05, 0.1) is 16.3 Å². The van der Waals surface area contributed by atoms with Crippen molar-refractivity contribution in [3.63, 3.8) is 0 Å². The number of rotatable bonds is 2. The highest BCUT2D eigenvalue weighted by atomic mass is 32.1. The molecule has 1 unspecified atom stereocenters. The van der Waals surface area contributed by atoms with Crippen LogP contribution in [0.5, 0.6) is 0 Å². The summed E-state index contributed by atoms with van der Waals surface area (Å²) < 4.78 is 0. The van der Waals surface area contributed by atoms with E-state index < -0.39 is 0 Å². The number of nitrogens with one attached hydrogen (secondary N) is 1. The van der Waals surface area contributed by atoms with Gasteiger partial charge in [-0.25, -0.2) is 0 Å². The van der Waals surface area contributed by atoms with E-state index >= 15 is 0 Å². The maximum Gasteiger partial charge on any atom is 0.261 e. The molecule has 1 aromatic rings.